The molecular formula is C19H22FN3O4. The Morgan fingerprint density at radius 2 is 2.00 bits per heavy atom. The predicted molar refractivity (Wildman–Crippen MR) is 95.6 cm³/mol. The number of nitrogens with one attached hydrogen (secondary N) is 2. The van der Waals surface area contributed by atoms with Crippen molar-refractivity contribution >= 4 is 22.7 Å². The number of carbonyl (C=O) groups is 2. The Labute approximate surface area is 155 Å². The van der Waals surface area contributed by atoms with Crippen molar-refractivity contribution in [3.63, 3.8) is 0 Å². The second kappa shape index (κ2) is 7.28. The lowest BCUT2D eigenvalue weighted by molar-refractivity contribution is -0.139. The number of amides is 2. The van der Waals surface area contributed by atoms with Gasteiger partial charge in [-0.15, -0.1) is 0 Å². The molecule has 27 heavy (non-hydrogen) atoms. The zero-order valence-corrected chi connectivity index (χ0v) is 14.8. The minimum atomic E-state index is -0.772. The number of ether oxygens (including phenoxy) is 1. The Hall–Kier alpha value is -2.45. The molecule has 1 aromatic heterocycles. The van der Waals surface area contributed by atoms with Crippen LogP contribution in [0.2, 0.25) is 0 Å². The molecule has 0 radical (unpaired) electrons. The van der Waals surface area contributed by atoms with Crippen LogP contribution in [0.15, 0.2) is 24.3 Å². The highest BCUT2D eigenvalue weighted by atomic mass is 19.1. The lowest BCUT2D eigenvalue weighted by atomic mass is 10.1. The lowest BCUT2D eigenvalue weighted by Crippen LogP contribution is -2.43. The number of nitrogens with zero attached hydrogens (tertiary/aromatic N) is 1. The van der Waals surface area contributed by atoms with E-state index >= 15 is 0 Å². The third-order valence-electron chi connectivity index (χ3n) is 5.34. The minimum absolute atomic E-state index is 0.00943. The van der Waals surface area contributed by atoms with E-state index in [1.807, 2.05) is 0 Å². The van der Waals surface area contributed by atoms with Gasteiger partial charge in [-0.3, -0.25) is 9.59 Å². The SMILES string of the molecule is O=C(N[C@H]1C[C@H](C(=O)N2CCOCC2)C[C@@H]1O)c1cc2cc(F)ccc2[nH]1. The number of aromatic nitrogens is 1. The zero-order chi connectivity index (χ0) is 19.0. The quantitative estimate of drug-likeness (QED) is 0.747. The molecule has 2 aliphatic rings. The van der Waals surface area contributed by atoms with Crippen LogP contribution in [0.1, 0.15) is 23.3 Å². The maximum Gasteiger partial charge on any atom is 0.268 e. The number of halogens is 1. The van der Waals surface area contributed by atoms with E-state index in [0.29, 0.717) is 55.7 Å². The van der Waals surface area contributed by atoms with Crippen molar-refractivity contribution in [2.75, 3.05) is 26.3 Å². The summed E-state index contributed by atoms with van der Waals surface area (Å²) in [6.45, 7) is 2.19. The fraction of sp³-hybridized carbons (Fsp3) is 0.474. The summed E-state index contributed by atoms with van der Waals surface area (Å²) in [6.07, 6.45) is -0.0393. The molecule has 4 rings (SSSR count). The Morgan fingerprint density at radius 3 is 2.78 bits per heavy atom. The van der Waals surface area contributed by atoms with Gasteiger partial charge in [-0.05, 0) is 37.1 Å². The third kappa shape index (κ3) is 3.68. The van der Waals surface area contributed by atoms with E-state index in [4.69, 9.17) is 4.74 Å². The van der Waals surface area contributed by atoms with Crippen molar-refractivity contribution in [3.05, 3.63) is 35.8 Å². The van der Waals surface area contributed by atoms with Crippen molar-refractivity contribution in [1.29, 1.82) is 0 Å². The highest BCUT2D eigenvalue weighted by Gasteiger charge is 2.39. The van der Waals surface area contributed by atoms with Crippen LogP contribution < -0.4 is 5.32 Å². The maximum atomic E-state index is 13.3. The summed E-state index contributed by atoms with van der Waals surface area (Å²) in [5, 5.41) is 13.7. The van der Waals surface area contributed by atoms with E-state index in [1.165, 1.54) is 12.1 Å². The number of hydrogen-bond donors (Lipinski definition) is 3. The first-order chi connectivity index (χ1) is 13.0. The van der Waals surface area contributed by atoms with E-state index in [0.717, 1.165) is 0 Å². The van der Waals surface area contributed by atoms with E-state index in [1.54, 1.807) is 17.0 Å². The monoisotopic (exact) mass is 375 g/mol. The van der Waals surface area contributed by atoms with Crippen molar-refractivity contribution < 1.29 is 23.8 Å². The van der Waals surface area contributed by atoms with Gasteiger partial charge >= 0.3 is 0 Å². The van der Waals surface area contributed by atoms with Gasteiger partial charge in [0.15, 0.2) is 0 Å². The van der Waals surface area contributed by atoms with Crippen LogP contribution in [0, 0.1) is 11.7 Å². The number of carbonyl (C=O) groups excluding carboxylic acids is 2. The number of hydrogen-bond acceptors (Lipinski definition) is 4. The first-order valence-corrected chi connectivity index (χ1v) is 9.15. The minimum Gasteiger partial charge on any atom is -0.391 e. The van der Waals surface area contributed by atoms with Gasteiger partial charge < -0.3 is 25.0 Å². The molecule has 144 valence electrons. The van der Waals surface area contributed by atoms with Gasteiger partial charge in [-0.1, -0.05) is 0 Å². The van der Waals surface area contributed by atoms with Crippen LogP contribution in [-0.4, -0.2) is 65.3 Å². The van der Waals surface area contributed by atoms with Gasteiger partial charge in [0.25, 0.3) is 5.91 Å². The molecular weight excluding hydrogens is 353 g/mol. The molecule has 2 fully saturated rings. The Morgan fingerprint density at radius 1 is 1.22 bits per heavy atom. The molecule has 1 saturated heterocycles. The number of aliphatic hydroxyl groups is 1. The number of fused-ring (bicyclic) bond motifs is 1. The average molecular weight is 375 g/mol. The molecule has 1 aliphatic heterocycles. The van der Waals surface area contributed by atoms with Crippen LogP contribution in [0.5, 0.6) is 0 Å². The molecule has 3 atom stereocenters. The number of morpholine rings is 1. The van der Waals surface area contributed by atoms with Crippen LogP contribution >= 0.6 is 0 Å². The molecule has 0 bridgehead atoms. The fourth-order valence-electron chi connectivity index (χ4n) is 3.89. The van der Waals surface area contributed by atoms with Gasteiger partial charge in [0.1, 0.15) is 11.5 Å². The van der Waals surface area contributed by atoms with E-state index in [-0.39, 0.29) is 23.5 Å². The van der Waals surface area contributed by atoms with Crippen LogP contribution in [0.25, 0.3) is 10.9 Å². The summed E-state index contributed by atoms with van der Waals surface area (Å²) < 4.78 is 18.6. The number of H-pyrrole nitrogens is 1. The molecule has 3 N–H and O–H groups in total. The number of aliphatic hydroxyl groups excluding tert-OH is 1. The molecule has 2 heterocycles. The van der Waals surface area contributed by atoms with Crippen molar-refractivity contribution in [1.82, 2.24) is 15.2 Å². The van der Waals surface area contributed by atoms with E-state index in [2.05, 4.69) is 10.3 Å². The van der Waals surface area contributed by atoms with E-state index in [9.17, 15) is 19.1 Å². The van der Waals surface area contributed by atoms with Crippen LogP contribution in [-0.2, 0) is 9.53 Å². The zero-order valence-electron chi connectivity index (χ0n) is 14.8. The summed E-state index contributed by atoms with van der Waals surface area (Å²) in [6, 6.07) is 5.33. The van der Waals surface area contributed by atoms with Crippen LogP contribution in [0.3, 0.4) is 0 Å². The lowest BCUT2D eigenvalue weighted by Gasteiger charge is -2.29. The largest absolute Gasteiger partial charge is 0.391 e. The molecule has 7 nitrogen and oxygen atoms in total. The fourth-order valence-corrected chi connectivity index (χ4v) is 3.89. The normalized spacial score (nSPS) is 25.7. The number of benzene rings is 1. The van der Waals surface area contributed by atoms with Gasteiger partial charge in [0.2, 0.25) is 5.91 Å². The van der Waals surface area contributed by atoms with Gasteiger partial charge in [0.05, 0.1) is 25.4 Å². The molecule has 2 aromatic rings. The number of rotatable bonds is 3. The summed E-state index contributed by atoms with van der Waals surface area (Å²) in [7, 11) is 0. The van der Waals surface area contributed by atoms with E-state index < -0.39 is 12.1 Å². The summed E-state index contributed by atoms with van der Waals surface area (Å²) in [5.74, 6) is -1.05. The Bertz CT molecular complexity index is 862. The highest BCUT2D eigenvalue weighted by molar-refractivity contribution is 5.98. The molecule has 1 aromatic carbocycles. The predicted octanol–water partition coefficient (Wildman–Crippen LogP) is 1.04. The molecule has 8 heteroatoms. The molecule has 1 saturated carbocycles. The standard InChI is InChI=1S/C19H22FN3O4/c20-13-1-2-14-11(7-13)8-16(21-14)18(25)22-15-9-12(10-17(15)24)19(26)23-3-5-27-6-4-23/h1-2,7-8,12,15,17,21,24H,3-6,9-10H2,(H,22,25)/t12-,15-,17-/m0/s1. The highest BCUT2D eigenvalue weighted by Crippen LogP contribution is 2.28. The van der Waals surface area contributed by atoms with Crippen LogP contribution in [0.4, 0.5) is 4.39 Å². The average Bonchev–Trinajstić information content (AvgIpc) is 3.25. The molecule has 0 unspecified atom stereocenters. The molecule has 0 spiro atoms. The molecule has 1 aliphatic carbocycles. The van der Waals surface area contributed by atoms with Crippen molar-refractivity contribution in [2.24, 2.45) is 5.92 Å². The van der Waals surface area contributed by atoms with Crippen molar-refractivity contribution in [2.45, 2.75) is 25.0 Å². The Balaban J connectivity index is 1.41. The topological polar surface area (TPSA) is 94.7 Å². The first kappa shape index (κ1) is 17.9. The summed E-state index contributed by atoms with van der Waals surface area (Å²) >= 11 is 0. The Kier molecular flexibility index (Phi) is 4.84. The smallest absolute Gasteiger partial charge is 0.268 e. The first-order valence-electron chi connectivity index (χ1n) is 9.15. The van der Waals surface area contributed by atoms with Gasteiger partial charge in [-0.25, -0.2) is 4.39 Å². The van der Waals surface area contributed by atoms with Gasteiger partial charge in [-0.2, -0.15) is 0 Å². The second-order valence-electron chi connectivity index (χ2n) is 7.17. The summed E-state index contributed by atoms with van der Waals surface area (Å²) in [4.78, 5) is 29.8. The number of aromatic amines is 1. The van der Waals surface area contributed by atoms with Gasteiger partial charge in [0, 0.05) is 29.9 Å². The van der Waals surface area contributed by atoms with Crippen molar-refractivity contribution in [3.8, 4) is 0 Å². The third-order valence-corrected chi connectivity index (χ3v) is 5.34. The second-order valence-corrected chi connectivity index (χ2v) is 7.17. The molecule has 2 amide bonds. The summed E-state index contributed by atoms with van der Waals surface area (Å²) in [5.41, 5.74) is 0.958. The maximum absolute atomic E-state index is 13.3.